The molecule has 1 aliphatic rings. The zero-order chi connectivity index (χ0) is 30.9. The first kappa shape index (κ1) is 27.6. The van der Waals surface area contributed by atoms with Gasteiger partial charge in [0.25, 0.3) is 0 Å². The van der Waals surface area contributed by atoms with Crippen LogP contribution < -0.4 is 0 Å². The highest BCUT2D eigenvalue weighted by molar-refractivity contribution is 7.29. The Morgan fingerprint density at radius 1 is 0.468 bits per heavy atom. The Kier molecular flexibility index (Phi) is 6.47. The highest BCUT2D eigenvalue weighted by Gasteiger charge is 2.26. The molecule has 0 atom stereocenters. The molecule has 6 aromatic carbocycles. The Bertz CT molecular complexity index is 2600. The highest BCUT2D eigenvalue weighted by Crippen LogP contribution is 2.55. The molecule has 3 aromatic heterocycles. The summed E-state index contributed by atoms with van der Waals surface area (Å²) in [5.74, 6) is 0. The lowest BCUT2D eigenvalue weighted by Gasteiger charge is -2.22. The average molecular weight is 655 g/mol. The van der Waals surface area contributed by atoms with Crippen LogP contribution in [0.1, 0.15) is 24.0 Å². The summed E-state index contributed by atoms with van der Waals surface area (Å²) < 4.78 is 2.71. The van der Waals surface area contributed by atoms with Crippen molar-refractivity contribution in [2.45, 2.75) is 25.7 Å². The molecular weight excluding hydrogens is 625 g/mol. The van der Waals surface area contributed by atoms with E-state index in [1.807, 2.05) is 34.0 Å². The van der Waals surface area contributed by atoms with Crippen molar-refractivity contribution in [1.82, 2.24) is 0 Å². The van der Waals surface area contributed by atoms with Crippen LogP contribution in [-0.2, 0) is 12.8 Å². The molecule has 0 amide bonds. The van der Waals surface area contributed by atoms with Crippen molar-refractivity contribution in [2.24, 2.45) is 0 Å². The molecule has 0 bridgehead atoms. The van der Waals surface area contributed by atoms with Gasteiger partial charge in [-0.15, -0.1) is 34.0 Å². The fourth-order valence-corrected chi connectivity index (χ4v) is 11.1. The topological polar surface area (TPSA) is 0 Å². The molecule has 47 heavy (non-hydrogen) atoms. The lowest BCUT2D eigenvalue weighted by molar-refractivity contribution is 0.687. The lowest BCUT2D eigenvalue weighted by atomic mass is 9.81. The molecule has 224 valence electrons. The van der Waals surface area contributed by atoms with Crippen LogP contribution in [0.2, 0.25) is 0 Å². The maximum Gasteiger partial charge on any atom is 0.0542 e. The summed E-state index contributed by atoms with van der Waals surface area (Å²) in [6.07, 6.45) is 4.84. The van der Waals surface area contributed by atoms with Crippen molar-refractivity contribution in [1.29, 1.82) is 0 Å². The lowest BCUT2D eigenvalue weighted by Crippen LogP contribution is -2.04. The normalized spacial score (nSPS) is 13.2. The summed E-state index contributed by atoms with van der Waals surface area (Å²) in [6.45, 7) is 0. The number of aryl methyl sites for hydroxylation is 1. The van der Waals surface area contributed by atoms with Gasteiger partial charge in [0.15, 0.2) is 0 Å². The third kappa shape index (κ3) is 4.45. The number of hydrogen-bond acceptors (Lipinski definition) is 3. The molecule has 0 saturated carbocycles. The summed E-state index contributed by atoms with van der Waals surface area (Å²) in [7, 11) is 0. The van der Waals surface area contributed by atoms with Gasteiger partial charge in [-0.1, -0.05) is 97.1 Å². The van der Waals surface area contributed by atoms with E-state index in [1.165, 1.54) is 109 Å². The van der Waals surface area contributed by atoms with E-state index >= 15 is 0 Å². The summed E-state index contributed by atoms with van der Waals surface area (Å²) in [6, 6.07) is 48.0. The number of benzene rings is 6. The van der Waals surface area contributed by atoms with Crippen molar-refractivity contribution >= 4 is 75.7 Å². The van der Waals surface area contributed by atoms with Gasteiger partial charge in [0.05, 0.1) is 4.88 Å². The summed E-state index contributed by atoms with van der Waals surface area (Å²) in [5.41, 5.74) is 9.89. The maximum absolute atomic E-state index is 2.48. The first-order valence-electron chi connectivity index (χ1n) is 16.5. The summed E-state index contributed by atoms with van der Waals surface area (Å²) in [5, 5.41) is 10.2. The molecule has 0 nitrogen and oxygen atoms in total. The van der Waals surface area contributed by atoms with Crippen molar-refractivity contribution in [3.63, 3.8) is 0 Å². The van der Waals surface area contributed by atoms with Crippen LogP contribution >= 0.6 is 34.0 Å². The van der Waals surface area contributed by atoms with Gasteiger partial charge < -0.3 is 0 Å². The first-order valence-corrected chi connectivity index (χ1v) is 19.0. The second kappa shape index (κ2) is 11.0. The van der Waals surface area contributed by atoms with E-state index in [-0.39, 0.29) is 0 Å². The SMILES string of the molecule is c1csc(-c2c(-c3cc4ccccc4s3)sc3cc4cccc(-c5ccc6ccccc6c5)c4c(-c4cccc5c4CCCC5)c23)c1. The Labute approximate surface area is 286 Å². The van der Waals surface area contributed by atoms with Crippen molar-refractivity contribution < 1.29 is 0 Å². The predicted octanol–water partition coefficient (Wildman–Crippen LogP) is 14.0. The minimum Gasteiger partial charge on any atom is -0.144 e. The average Bonchev–Trinajstić information content (AvgIpc) is 3.89. The van der Waals surface area contributed by atoms with Gasteiger partial charge in [0.2, 0.25) is 0 Å². The third-order valence-electron chi connectivity index (χ3n) is 9.96. The number of fused-ring (bicyclic) bond motifs is 5. The molecule has 0 unspecified atom stereocenters. The van der Waals surface area contributed by atoms with Crippen LogP contribution in [0.5, 0.6) is 0 Å². The monoisotopic (exact) mass is 654 g/mol. The van der Waals surface area contributed by atoms with Crippen molar-refractivity contribution in [2.75, 3.05) is 0 Å². The minimum atomic E-state index is 1.14. The Hall–Kier alpha value is -4.54. The number of hydrogen-bond donors (Lipinski definition) is 0. The van der Waals surface area contributed by atoms with Crippen LogP contribution in [0, 0.1) is 0 Å². The zero-order valence-corrected chi connectivity index (χ0v) is 28.2. The molecular formula is C44H30S3. The van der Waals surface area contributed by atoms with Gasteiger partial charge in [-0.2, -0.15) is 0 Å². The zero-order valence-electron chi connectivity index (χ0n) is 25.8. The van der Waals surface area contributed by atoms with Crippen LogP contribution in [-0.4, -0.2) is 0 Å². The third-order valence-corrected chi connectivity index (χ3v) is 13.3. The van der Waals surface area contributed by atoms with Gasteiger partial charge in [-0.25, -0.2) is 0 Å². The van der Waals surface area contributed by atoms with Gasteiger partial charge in [0.1, 0.15) is 0 Å². The minimum absolute atomic E-state index is 1.14. The second-order valence-corrected chi connectivity index (χ2v) is 15.8. The van der Waals surface area contributed by atoms with Crippen LogP contribution in [0.25, 0.3) is 84.2 Å². The Morgan fingerprint density at radius 2 is 1.28 bits per heavy atom. The fraction of sp³-hybridized carbons (Fsp3) is 0.0909. The molecule has 0 saturated heterocycles. The maximum atomic E-state index is 2.48. The van der Waals surface area contributed by atoms with Crippen LogP contribution in [0.4, 0.5) is 0 Å². The van der Waals surface area contributed by atoms with E-state index in [4.69, 9.17) is 0 Å². The molecule has 3 heterocycles. The highest BCUT2D eigenvalue weighted by atomic mass is 32.1. The largest absolute Gasteiger partial charge is 0.144 e. The van der Waals surface area contributed by atoms with Crippen LogP contribution in [0.3, 0.4) is 0 Å². The van der Waals surface area contributed by atoms with Gasteiger partial charge in [-0.05, 0) is 122 Å². The van der Waals surface area contributed by atoms with E-state index in [0.717, 1.165) is 6.42 Å². The second-order valence-electron chi connectivity index (χ2n) is 12.7. The van der Waals surface area contributed by atoms with Gasteiger partial charge in [-0.3, -0.25) is 0 Å². The van der Waals surface area contributed by atoms with E-state index < -0.39 is 0 Å². The molecule has 1 aliphatic carbocycles. The van der Waals surface area contributed by atoms with E-state index in [1.54, 1.807) is 5.56 Å². The summed E-state index contributed by atoms with van der Waals surface area (Å²) >= 11 is 5.76. The fourth-order valence-electron chi connectivity index (χ4n) is 7.84. The predicted molar refractivity (Wildman–Crippen MR) is 208 cm³/mol. The van der Waals surface area contributed by atoms with Crippen molar-refractivity contribution in [3.05, 3.63) is 144 Å². The molecule has 0 aliphatic heterocycles. The smallest absolute Gasteiger partial charge is 0.0542 e. The molecule has 10 rings (SSSR count). The van der Waals surface area contributed by atoms with Gasteiger partial charge in [0, 0.05) is 30.1 Å². The molecule has 0 radical (unpaired) electrons. The standard InChI is InChI=1S/C44H30S3/c1-2-12-29-24-30(22-21-27(29)10-1)34-17-8-15-32-26-38-42(41(40(32)34)35-18-7-14-28-11-3-5-16-33(28)35)43(37-20-9-23-45-37)44(47-38)39-25-31-13-4-6-19-36(31)46-39/h1-2,4,6-10,12-15,17-26H,3,5,11,16H2. The van der Waals surface area contributed by atoms with Crippen molar-refractivity contribution in [3.8, 4) is 42.4 Å². The van der Waals surface area contributed by atoms with E-state index in [9.17, 15) is 0 Å². The molecule has 0 fully saturated rings. The Balaban J connectivity index is 1.38. The first-order chi connectivity index (χ1) is 23.3. The molecule has 3 heteroatoms. The molecule has 0 spiro atoms. The van der Waals surface area contributed by atoms with Crippen LogP contribution in [0.15, 0.2) is 133 Å². The quantitative estimate of drug-likeness (QED) is 0.177. The number of thiophene rings is 3. The van der Waals surface area contributed by atoms with E-state index in [2.05, 4.69) is 133 Å². The summed E-state index contributed by atoms with van der Waals surface area (Å²) in [4.78, 5) is 4.09. The molecule has 9 aromatic rings. The Morgan fingerprint density at radius 3 is 2.17 bits per heavy atom. The number of rotatable bonds is 4. The molecule has 0 N–H and O–H groups in total. The van der Waals surface area contributed by atoms with E-state index in [0.29, 0.717) is 0 Å². The van der Waals surface area contributed by atoms with Gasteiger partial charge >= 0.3 is 0 Å².